The first-order valence-corrected chi connectivity index (χ1v) is 3.73. The van der Waals surface area contributed by atoms with Crippen LogP contribution >= 0.6 is 0 Å². The van der Waals surface area contributed by atoms with Crippen molar-refractivity contribution in [2.75, 3.05) is 6.61 Å². The minimum atomic E-state index is -0.103. The minimum Gasteiger partial charge on any atom is -0.349 e. The van der Waals surface area contributed by atoms with Crippen LogP contribution < -0.4 is 0 Å². The molecule has 1 fully saturated rings. The van der Waals surface area contributed by atoms with Crippen molar-refractivity contribution in [3.05, 3.63) is 12.2 Å². The summed E-state index contributed by atoms with van der Waals surface area (Å²) in [5.74, 6) is 0. The summed E-state index contributed by atoms with van der Waals surface area (Å²) in [5, 5.41) is 0. The number of allylic oxidation sites excluding steroid dienone is 1. The summed E-state index contributed by atoms with van der Waals surface area (Å²) in [6.07, 6.45) is 5.12. The van der Waals surface area contributed by atoms with Crippen LogP contribution in [0.2, 0.25) is 0 Å². The van der Waals surface area contributed by atoms with Crippen LogP contribution in [0.1, 0.15) is 20.3 Å². The highest BCUT2D eigenvalue weighted by Crippen LogP contribution is 2.12. The minimum absolute atomic E-state index is 0.103. The van der Waals surface area contributed by atoms with E-state index < -0.39 is 0 Å². The molecule has 1 saturated heterocycles. The monoisotopic (exact) mass is 142 g/mol. The van der Waals surface area contributed by atoms with Crippen LogP contribution in [0.25, 0.3) is 0 Å². The zero-order chi connectivity index (χ0) is 7.40. The molecule has 1 aliphatic rings. The van der Waals surface area contributed by atoms with E-state index in [0.29, 0.717) is 6.10 Å². The van der Waals surface area contributed by atoms with Gasteiger partial charge in [-0.1, -0.05) is 6.08 Å². The van der Waals surface area contributed by atoms with Crippen LogP contribution in [-0.2, 0) is 9.47 Å². The molecule has 0 unspecified atom stereocenters. The number of ether oxygens (including phenoxy) is 2. The standard InChI is InChI=1S/C8H14O2/c1-3-4-8-9-6-5-7(2)10-8/h3-4,7-8H,5-6H2,1-2H3/b4-3-/t7-,8-/m0/s1. The Hall–Kier alpha value is -0.340. The SMILES string of the molecule is C/C=C\[C@H]1OCC[C@H](C)O1. The predicted molar refractivity (Wildman–Crippen MR) is 39.7 cm³/mol. The molecule has 0 N–H and O–H groups in total. The molecule has 0 aromatic heterocycles. The number of rotatable bonds is 1. The molecule has 1 rings (SSSR count). The first-order chi connectivity index (χ1) is 4.83. The molecule has 2 heteroatoms. The van der Waals surface area contributed by atoms with Gasteiger partial charge in [0.1, 0.15) is 0 Å². The van der Waals surface area contributed by atoms with E-state index in [0.717, 1.165) is 13.0 Å². The normalized spacial score (nSPS) is 35.0. The lowest BCUT2D eigenvalue weighted by Crippen LogP contribution is -2.28. The molecule has 0 radical (unpaired) electrons. The third-order valence-corrected chi connectivity index (χ3v) is 1.52. The highest BCUT2D eigenvalue weighted by Gasteiger charge is 2.15. The van der Waals surface area contributed by atoms with Crippen molar-refractivity contribution in [1.29, 1.82) is 0 Å². The topological polar surface area (TPSA) is 18.5 Å². The quantitative estimate of drug-likeness (QED) is 0.519. The van der Waals surface area contributed by atoms with E-state index in [4.69, 9.17) is 9.47 Å². The summed E-state index contributed by atoms with van der Waals surface area (Å²) in [7, 11) is 0. The van der Waals surface area contributed by atoms with E-state index in [1.165, 1.54) is 0 Å². The lowest BCUT2D eigenvalue weighted by molar-refractivity contribution is -0.181. The van der Waals surface area contributed by atoms with Crippen LogP contribution in [0.5, 0.6) is 0 Å². The lowest BCUT2D eigenvalue weighted by Gasteiger charge is -2.25. The van der Waals surface area contributed by atoms with Crippen LogP contribution in [0.15, 0.2) is 12.2 Å². The van der Waals surface area contributed by atoms with Crippen molar-refractivity contribution in [1.82, 2.24) is 0 Å². The van der Waals surface area contributed by atoms with Gasteiger partial charge in [0.2, 0.25) is 0 Å². The van der Waals surface area contributed by atoms with Gasteiger partial charge in [0.05, 0.1) is 12.7 Å². The molecule has 1 heterocycles. The van der Waals surface area contributed by atoms with Crippen molar-refractivity contribution < 1.29 is 9.47 Å². The van der Waals surface area contributed by atoms with Crippen molar-refractivity contribution >= 4 is 0 Å². The van der Waals surface area contributed by atoms with E-state index in [-0.39, 0.29) is 6.29 Å². The second-order valence-corrected chi connectivity index (χ2v) is 2.50. The van der Waals surface area contributed by atoms with Gasteiger partial charge < -0.3 is 9.47 Å². The Bertz CT molecular complexity index is 120. The van der Waals surface area contributed by atoms with Crippen molar-refractivity contribution in [2.24, 2.45) is 0 Å². The maximum atomic E-state index is 5.42. The fourth-order valence-corrected chi connectivity index (χ4v) is 0.944. The molecule has 0 aromatic rings. The average molecular weight is 142 g/mol. The van der Waals surface area contributed by atoms with Gasteiger partial charge in [0, 0.05) is 0 Å². The Morgan fingerprint density at radius 1 is 1.50 bits per heavy atom. The molecular formula is C8H14O2. The second kappa shape index (κ2) is 3.74. The molecule has 0 aromatic carbocycles. The fourth-order valence-electron chi connectivity index (χ4n) is 0.944. The highest BCUT2D eigenvalue weighted by molar-refractivity contribution is 4.83. The number of hydrogen-bond donors (Lipinski definition) is 0. The Morgan fingerprint density at radius 2 is 2.30 bits per heavy atom. The van der Waals surface area contributed by atoms with Crippen molar-refractivity contribution in [3.8, 4) is 0 Å². The summed E-state index contributed by atoms with van der Waals surface area (Å²) in [6.45, 7) is 4.85. The van der Waals surface area contributed by atoms with Gasteiger partial charge >= 0.3 is 0 Å². The maximum absolute atomic E-state index is 5.42. The molecular weight excluding hydrogens is 128 g/mol. The molecule has 0 bridgehead atoms. The summed E-state index contributed by atoms with van der Waals surface area (Å²) in [5.41, 5.74) is 0. The Balaban J connectivity index is 2.32. The summed E-state index contributed by atoms with van der Waals surface area (Å²) >= 11 is 0. The van der Waals surface area contributed by atoms with Crippen molar-refractivity contribution in [2.45, 2.75) is 32.7 Å². The molecule has 0 saturated carbocycles. The highest BCUT2D eigenvalue weighted by atomic mass is 16.7. The van der Waals surface area contributed by atoms with E-state index >= 15 is 0 Å². The summed E-state index contributed by atoms with van der Waals surface area (Å²) < 4.78 is 10.7. The molecule has 10 heavy (non-hydrogen) atoms. The van der Waals surface area contributed by atoms with E-state index in [1.807, 2.05) is 19.1 Å². The first-order valence-electron chi connectivity index (χ1n) is 3.73. The summed E-state index contributed by atoms with van der Waals surface area (Å²) in [6, 6.07) is 0. The van der Waals surface area contributed by atoms with Gasteiger partial charge in [0.25, 0.3) is 0 Å². The van der Waals surface area contributed by atoms with Crippen LogP contribution in [0.4, 0.5) is 0 Å². The smallest absolute Gasteiger partial charge is 0.177 e. The molecule has 58 valence electrons. The van der Waals surface area contributed by atoms with Gasteiger partial charge in [0.15, 0.2) is 6.29 Å². The van der Waals surface area contributed by atoms with E-state index in [2.05, 4.69) is 6.92 Å². The third kappa shape index (κ3) is 2.12. The molecule has 0 aliphatic carbocycles. The first kappa shape index (κ1) is 7.76. The van der Waals surface area contributed by atoms with Crippen LogP contribution in [-0.4, -0.2) is 19.0 Å². The van der Waals surface area contributed by atoms with E-state index in [1.54, 1.807) is 0 Å². The molecule has 0 spiro atoms. The third-order valence-electron chi connectivity index (χ3n) is 1.52. The summed E-state index contributed by atoms with van der Waals surface area (Å²) in [4.78, 5) is 0. The molecule has 2 nitrogen and oxygen atoms in total. The Morgan fingerprint density at radius 3 is 2.90 bits per heavy atom. The second-order valence-electron chi connectivity index (χ2n) is 2.50. The molecule has 0 amide bonds. The molecule has 1 aliphatic heterocycles. The largest absolute Gasteiger partial charge is 0.349 e. The van der Waals surface area contributed by atoms with Crippen LogP contribution in [0.3, 0.4) is 0 Å². The van der Waals surface area contributed by atoms with Crippen molar-refractivity contribution in [3.63, 3.8) is 0 Å². The van der Waals surface area contributed by atoms with Gasteiger partial charge in [-0.15, -0.1) is 0 Å². The van der Waals surface area contributed by atoms with Gasteiger partial charge in [-0.05, 0) is 26.3 Å². The molecule has 2 atom stereocenters. The Labute approximate surface area is 61.8 Å². The maximum Gasteiger partial charge on any atom is 0.177 e. The van der Waals surface area contributed by atoms with Gasteiger partial charge in [-0.3, -0.25) is 0 Å². The average Bonchev–Trinajstić information content (AvgIpc) is 1.88. The van der Waals surface area contributed by atoms with Gasteiger partial charge in [-0.2, -0.15) is 0 Å². The fraction of sp³-hybridized carbons (Fsp3) is 0.750. The van der Waals surface area contributed by atoms with E-state index in [9.17, 15) is 0 Å². The predicted octanol–water partition coefficient (Wildman–Crippen LogP) is 1.71. The zero-order valence-corrected chi connectivity index (χ0v) is 6.54. The Kier molecular flexibility index (Phi) is 2.90. The van der Waals surface area contributed by atoms with Gasteiger partial charge in [-0.25, -0.2) is 0 Å². The van der Waals surface area contributed by atoms with Crippen LogP contribution in [0, 0.1) is 0 Å². The number of hydrogen-bond acceptors (Lipinski definition) is 2. The lowest BCUT2D eigenvalue weighted by atomic mass is 10.3. The zero-order valence-electron chi connectivity index (χ0n) is 6.54.